The van der Waals surface area contributed by atoms with Crippen LogP contribution in [0, 0.1) is 11.3 Å². The third-order valence-corrected chi connectivity index (χ3v) is 3.23. The Labute approximate surface area is 92.5 Å². The standard InChI is InChI=1S/C12H23NO2/c1-10(2)5-4-8-13(3)11(15)12(9-14)6-7-12/h10,14H,4-9H2,1-3H3. The predicted octanol–water partition coefficient (Wildman–Crippen LogP) is 1.65. The molecule has 88 valence electrons. The summed E-state index contributed by atoms with van der Waals surface area (Å²) >= 11 is 0. The first-order valence-corrected chi connectivity index (χ1v) is 5.88. The van der Waals surface area contributed by atoms with Crippen LogP contribution in [-0.4, -0.2) is 36.1 Å². The van der Waals surface area contributed by atoms with E-state index in [0.29, 0.717) is 5.92 Å². The molecule has 1 amide bonds. The van der Waals surface area contributed by atoms with Crippen LogP contribution in [0.3, 0.4) is 0 Å². The normalized spacial score (nSPS) is 17.9. The molecular weight excluding hydrogens is 190 g/mol. The van der Waals surface area contributed by atoms with Gasteiger partial charge < -0.3 is 10.0 Å². The minimum absolute atomic E-state index is 0.0142. The van der Waals surface area contributed by atoms with Crippen LogP contribution >= 0.6 is 0 Å². The Morgan fingerprint density at radius 2 is 2.07 bits per heavy atom. The number of hydrogen-bond acceptors (Lipinski definition) is 2. The van der Waals surface area contributed by atoms with E-state index >= 15 is 0 Å². The molecule has 3 nitrogen and oxygen atoms in total. The Balaban J connectivity index is 2.28. The maximum absolute atomic E-state index is 11.9. The first-order chi connectivity index (χ1) is 7.02. The number of carbonyl (C=O) groups excluding carboxylic acids is 1. The van der Waals surface area contributed by atoms with Crippen molar-refractivity contribution < 1.29 is 9.90 Å². The summed E-state index contributed by atoms with van der Waals surface area (Å²) in [4.78, 5) is 13.7. The van der Waals surface area contributed by atoms with E-state index in [4.69, 9.17) is 5.11 Å². The Morgan fingerprint density at radius 1 is 1.47 bits per heavy atom. The lowest BCUT2D eigenvalue weighted by Crippen LogP contribution is -2.36. The molecule has 3 heteroatoms. The zero-order chi connectivity index (χ0) is 11.5. The number of aliphatic hydroxyl groups is 1. The van der Waals surface area contributed by atoms with Gasteiger partial charge in [-0.15, -0.1) is 0 Å². The molecule has 15 heavy (non-hydrogen) atoms. The zero-order valence-electron chi connectivity index (χ0n) is 10.1. The van der Waals surface area contributed by atoms with Crippen LogP contribution in [0.5, 0.6) is 0 Å². The third-order valence-electron chi connectivity index (χ3n) is 3.23. The van der Waals surface area contributed by atoms with Crippen LogP contribution < -0.4 is 0 Å². The van der Waals surface area contributed by atoms with Gasteiger partial charge >= 0.3 is 0 Å². The summed E-state index contributed by atoms with van der Waals surface area (Å²) in [5.74, 6) is 0.829. The van der Waals surface area contributed by atoms with Crippen molar-refractivity contribution in [3.63, 3.8) is 0 Å². The van der Waals surface area contributed by atoms with Gasteiger partial charge in [-0.25, -0.2) is 0 Å². The van der Waals surface area contributed by atoms with Crippen molar-refractivity contribution in [1.29, 1.82) is 0 Å². The van der Waals surface area contributed by atoms with Crippen molar-refractivity contribution in [2.24, 2.45) is 11.3 Å². The van der Waals surface area contributed by atoms with Gasteiger partial charge in [-0.3, -0.25) is 4.79 Å². The van der Waals surface area contributed by atoms with E-state index < -0.39 is 5.41 Å². The summed E-state index contributed by atoms with van der Waals surface area (Å²) in [5.41, 5.74) is -0.396. The number of hydrogen-bond donors (Lipinski definition) is 1. The molecule has 0 saturated heterocycles. The Bertz CT molecular complexity index is 222. The molecule has 0 aromatic rings. The molecule has 1 fully saturated rings. The molecular formula is C12H23NO2. The summed E-state index contributed by atoms with van der Waals surface area (Å²) in [6.45, 7) is 5.22. The van der Waals surface area contributed by atoms with E-state index in [-0.39, 0.29) is 12.5 Å². The van der Waals surface area contributed by atoms with Gasteiger partial charge in [0, 0.05) is 13.6 Å². The molecule has 0 radical (unpaired) electrons. The van der Waals surface area contributed by atoms with Crippen molar-refractivity contribution in [3.05, 3.63) is 0 Å². The van der Waals surface area contributed by atoms with Gasteiger partial charge in [0.15, 0.2) is 0 Å². The highest BCUT2D eigenvalue weighted by Crippen LogP contribution is 2.46. The minimum Gasteiger partial charge on any atom is -0.395 e. The van der Waals surface area contributed by atoms with Gasteiger partial charge in [0.1, 0.15) is 0 Å². The Kier molecular flexibility index (Phi) is 4.14. The molecule has 0 aromatic heterocycles. The fraction of sp³-hybridized carbons (Fsp3) is 0.917. The van der Waals surface area contributed by atoms with Crippen LogP contribution in [0.15, 0.2) is 0 Å². The van der Waals surface area contributed by atoms with Crippen molar-refractivity contribution in [2.75, 3.05) is 20.2 Å². The van der Waals surface area contributed by atoms with Gasteiger partial charge in [-0.2, -0.15) is 0 Å². The summed E-state index contributed by atoms with van der Waals surface area (Å²) in [6, 6.07) is 0. The highest BCUT2D eigenvalue weighted by atomic mass is 16.3. The number of rotatable bonds is 6. The quantitative estimate of drug-likeness (QED) is 0.729. The van der Waals surface area contributed by atoms with Crippen molar-refractivity contribution >= 4 is 5.91 Å². The average molecular weight is 213 g/mol. The summed E-state index contributed by atoms with van der Waals surface area (Å²) in [6.07, 6.45) is 3.93. The van der Waals surface area contributed by atoms with Gasteiger partial charge in [-0.1, -0.05) is 13.8 Å². The lowest BCUT2D eigenvalue weighted by atomic mass is 10.1. The molecule has 0 aromatic carbocycles. The fourth-order valence-electron chi connectivity index (χ4n) is 1.83. The molecule has 0 aliphatic heterocycles. The second-order valence-electron chi connectivity index (χ2n) is 5.20. The molecule has 0 heterocycles. The lowest BCUT2D eigenvalue weighted by Gasteiger charge is -2.22. The summed E-state index contributed by atoms with van der Waals surface area (Å²) < 4.78 is 0. The van der Waals surface area contributed by atoms with Crippen molar-refractivity contribution in [2.45, 2.75) is 39.5 Å². The first-order valence-electron chi connectivity index (χ1n) is 5.88. The van der Waals surface area contributed by atoms with Gasteiger partial charge in [0.05, 0.1) is 12.0 Å². The largest absolute Gasteiger partial charge is 0.395 e. The van der Waals surface area contributed by atoms with E-state index in [1.165, 1.54) is 0 Å². The van der Waals surface area contributed by atoms with E-state index in [2.05, 4.69) is 13.8 Å². The zero-order valence-corrected chi connectivity index (χ0v) is 10.1. The fourth-order valence-corrected chi connectivity index (χ4v) is 1.83. The first kappa shape index (κ1) is 12.5. The van der Waals surface area contributed by atoms with E-state index in [1.54, 1.807) is 4.90 Å². The van der Waals surface area contributed by atoms with Crippen molar-refractivity contribution in [3.8, 4) is 0 Å². The molecule has 1 N–H and O–H groups in total. The maximum atomic E-state index is 11.9. The van der Waals surface area contributed by atoms with Crippen molar-refractivity contribution in [1.82, 2.24) is 4.90 Å². The second-order valence-corrected chi connectivity index (χ2v) is 5.20. The van der Waals surface area contributed by atoms with Gasteiger partial charge in [0.2, 0.25) is 5.91 Å². The predicted molar refractivity (Wildman–Crippen MR) is 60.5 cm³/mol. The van der Waals surface area contributed by atoms with Crippen LogP contribution in [0.4, 0.5) is 0 Å². The molecule has 1 rings (SSSR count). The van der Waals surface area contributed by atoms with E-state index in [9.17, 15) is 4.79 Å². The Morgan fingerprint density at radius 3 is 2.47 bits per heavy atom. The number of carbonyl (C=O) groups is 1. The number of amides is 1. The van der Waals surface area contributed by atoms with E-state index in [0.717, 1.165) is 32.2 Å². The summed E-state index contributed by atoms with van der Waals surface area (Å²) in [5, 5.41) is 9.14. The molecule has 1 saturated carbocycles. The molecule has 0 spiro atoms. The monoisotopic (exact) mass is 213 g/mol. The molecule has 0 atom stereocenters. The molecule has 1 aliphatic rings. The van der Waals surface area contributed by atoms with Gasteiger partial charge in [-0.05, 0) is 31.6 Å². The minimum atomic E-state index is -0.396. The lowest BCUT2D eigenvalue weighted by molar-refractivity contribution is -0.137. The van der Waals surface area contributed by atoms with Gasteiger partial charge in [0.25, 0.3) is 0 Å². The van der Waals surface area contributed by atoms with Crippen LogP contribution in [-0.2, 0) is 4.79 Å². The highest BCUT2D eigenvalue weighted by Gasteiger charge is 2.50. The average Bonchev–Trinajstić information content (AvgIpc) is 2.96. The summed E-state index contributed by atoms with van der Waals surface area (Å²) in [7, 11) is 1.85. The molecule has 1 aliphatic carbocycles. The second kappa shape index (κ2) is 4.97. The number of aliphatic hydroxyl groups excluding tert-OH is 1. The molecule has 0 bridgehead atoms. The topological polar surface area (TPSA) is 40.5 Å². The highest BCUT2D eigenvalue weighted by molar-refractivity contribution is 5.85. The SMILES string of the molecule is CC(C)CCCN(C)C(=O)C1(CO)CC1. The Hall–Kier alpha value is -0.570. The van der Waals surface area contributed by atoms with Crippen LogP contribution in [0.2, 0.25) is 0 Å². The van der Waals surface area contributed by atoms with E-state index in [1.807, 2.05) is 7.05 Å². The smallest absolute Gasteiger partial charge is 0.230 e. The molecule has 0 unspecified atom stereocenters. The maximum Gasteiger partial charge on any atom is 0.230 e. The van der Waals surface area contributed by atoms with Crippen LogP contribution in [0.1, 0.15) is 39.5 Å². The number of nitrogens with zero attached hydrogens (tertiary/aromatic N) is 1. The third kappa shape index (κ3) is 3.20. The van der Waals surface area contributed by atoms with Crippen LogP contribution in [0.25, 0.3) is 0 Å².